The van der Waals surface area contributed by atoms with Crippen LogP contribution in [0.2, 0.25) is 0 Å². The molecule has 1 amide bonds. The maximum Gasteiger partial charge on any atom is 0.226 e. The van der Waals surface area contributed by atoms with Crippen molar-refractivity contribution < 1.29 is 4.79 Å². The maximum absolute atomic E-state index is 10.4. The van der Waals surface area contributed by atoms with E-state index < -0.39 is 5.91 Å². The van der Waals surface area contributed by atoms with Gasteiger partial charge in [-0.2, -0.15) is 0 Å². The Kier molecular flexibility index (Phi) is 2.06. The van der Waals surface area contributed by atoms with E-state index in [2.05, 4.69) is 4.98 Å². The molecule has 0 aliphatic rings. The Bertz CT molecular complexity index is 272. The Balaban J connectivity index is 2.79. The summed E-state index contributed by atoms with van der Waals surface area (Å²) in [5.74, 6) is -0.115. The lowest BCUT2D eigenvalue weighted by Gasteiger charge is -1.96. The average molecular weight is 150 g/mol. The molecule has 0 unspecified atom stereocenters. The first kappa shape index (κ1) is 7.53. The van der Waals surface area contributed by atoms with Crippen LogP contribution in [-0.4, -0.2) is 10.9 Å². The number of nitrogen functional groups attached to an aromatic ring is 1. The van der Waals surface area contributed by atoms with Gasteiger partial charge in [-0.15, -0.1) is 0 Å². The van der Waals surface area contributed by atoms with Crippen LogP contribution in [0.3, 0.4) is 0 Å². The Morgan fingerprint density at radius 2 is 2.36 bits per heavy atom. The van der Waals surface area contributed by atoms with Crippen LogP contribution in [0.25, 0.3) is 0 Å². The predicted octanol–water partition coefficient (Wildman–Crippen LogP) is -0.299. The molecule has 0 aliphatic heterocycles. The van der Waals surface area contributed by atoms with Gasteiger partial charge in [0.05, 0.1) is 6.42 Å². The molecule has 1 aromatic rings. The summed E-state index contributed by atoms with van der Waals surface area (Å²) in [5.41, 5.74) is 10.9. The zero-order valence-corrected chi connectivity index (χ0v) is 5.82. The minimum atomic E-state index is -0.490. The van der Waals surface area contributed by atoms with E-state index in [1.807, 2.05) is 0 Å². The van der Waals surface area contributed by atoms with E-state index in [1.165, 1.54) is 12.6 Å². The Hall–Kier alpha value is -1.58. The molecular weight excluding hydrogens is 142 g/mol. The molecule has 0 bridgehead atoms. The van der Waals surface area contributed by atoms with E-state index in [4.69, 9.17) is 11.5 Å². The van der Waals surface area contributed by atoms with Gasteiger partial charge in [0.2, 0.25) is 5.91 Å². The number of pyridine rings is 1. The van der Waals surface area contributed by atoms with Crippen molar-refractivity contribution in [2.45, 2.75) is 0 Å². The molecule has 0 spiro atoms. The molecule has 1 heterocycles. The Morgan fingerprint density at radius 1 is 1.64 bits per heavy atom. The first-order valence-corrected chi connectivity index (χ1v) is 3.04. The van der Waals surface area contributed by atoms with Crippen molar-refractivity contribution in [1.82, 2.24) is 4.98 Å². The van der Waals surface area contributed by atoms with E-state index >= 15 is 0 Å². The normalized spacial score (nSPS) is 9.45. The largest absolute Gasteiger partial charge is 0.384 e. The molecule has 0 atom stereocenters. The van der Waals surface area contributed by atoms with Gasteiger partial charge in [-0.25, -0.2) is 4.98 Å². The van der Waals surface area contributed by atoms with Crippen LogP contribution in [0.15, 0.2) is 18.3 Å². The second-order valence-electron chi connectivity index (χ2n) is 2.06. The monoisotopic (exact) mass is 150 g/mol. The number of hydrogen-bond donors (Lipinski definition) is 2. The number of nitrogens with zero attached hydrogens (tertiary/aromatic N) is 1. The van der Waals surface area contributed by atoms with Gasteiger partial charge in [0.15, 0.2) is 0 Å². The third kappa shape index (κ3) is 2.25. The number of carbonyl (C=O) groups excluding carboxylic acids is 1. The zero-order chi connectivity index (χ0) is 8.27. The topological polar surface area (TPSA) is 82.0 Å². The number of carbonyl (C=O) groups is 1. The van der Waals surface area contributed by atoms with Crippen molar-refractivity contribution in [2.75, 3.05) is 5.73 Å². The van der Waals surface area contributed by atoms with Gasteiger partial charge in [0.25, 0.3) is 0 Å². The lowest BCUT2D eigenvalue weighted by atomic mass is 10.2. The highest BCUT2D eigenvalue weighted by Gasteiger charge is 1.98. The third-order valence-electron chi connectivity index (χ3n) is 1.11. The van der Waals surface area contributed by atoms with Crippen molar-refractivity contribution in [3.05, 3.63) is 30.3 Å². The highest BCUT2D eigenvalue weighted by molar-refractivity contribution is 5.86. The molecule has 1 aromatic heterocycles. The molecule has 0 aliphatic carbocycles. The summed E-state index contributed by atoms with van der Waals surface area (Å²) < 4.78 is 0. The lowest BCUT2D eigenvalue weighted by molar-refractivity contribution is -0.114. The summed E-state index contributed by atoms with van der Waals surface area (Å²) in [6.45, 7) is 0. The summed E-state index contributed by atoms with van der Waals surface area (Å²) in [4.78, 5) is 14.1. The predicted molar refractivity (Wildman–Crippen MR) is 41.2 cm³/mol. The second-order valence-corrected chi connectivity index (χ2v) is 2.06. The van der Waals surface area contributed by atoms with E-state index in [0.717, 1.165) is 0 Å². The summed E-state index contributed by atoms with van der Waals surface area (Å²) >= 11 is 0. The number of hydrogen-bond acceptors (Lipinski definition) is 3. The molecule has 11 heavy (non-hydrogen) atoms. The van der Waals surface area contributed by atoms with Crippen molar-refractivity contribution in [3.8, 4) is 0 Å². The molecule has 0 saturated heterocycles. The first-order valence-electron chi connectivity index (χ1n) is 3.04. The zero-order valence-electron chi connectivity index (χ0n) is 5.82. The molecule has 4 heteroatoms. The fraction of sp³-hybridized carbons (Fsp3) is 0. The average Bonchev–Trinajstić information content (AvgIpc) is 1.85. The Labute approximate surface area is 64.2 Å². The molecule has 1 rings (SSSR count). The van der Waals surface area contributed by atoms with Gasteiger partial charge in [-0.3, -0.25) is 4.79 Å². The standard InChI is InChI=1S/C7H8N3O/c8-6-3-5(1-2-10-6)4-7(9)11/h1-4H,(H2,8,10)(H2,9,11). The number of anilines is 1. The van der Waals surface area contributed by atoms with Crippen LogP contribution < -0.4 is 11.5 Å². The van der Waals surface area contributed by atoms with Gasteiger partial charge >= 0.3 is 0 Å². The van der Waals surface area contributed by atoms with Crippen molar-refractivity contribution in [1.29, 1.82) is 0 Å². The molecule has 4 nitrogen and oxygen atoms in total. The number of nitrogens with two attached hydrogens (primary N) is 2. The molecule has 0 fully saturated rings. The molecule has 4 N–H and O–H groups in total. The van der Waals surface area contributed by atoms with Gasteiger partial charge in [0.1, 0.15) is 5.82 Å². The number of primary amides is 1. The summed E-state index contributed by atoms with van der Waals surface area (Å²) in [5, 5.41) is 0. The van der Waals surface area contributed by atoms with Crippen LogP contribution in [-0.2, 0) is 4.79 Å². The van der Waals surface area contributed by atoms with Crippen LogP contribution in [0, 0.1) is 6.42 Å². The summed E-state index contributed by atoms with van der Waals surface area (Å²) in [6, 6.07) is 3.23. The van der Waals surface area contributed by atoms with Crippen molar-refractivity contribution >= 4 is 11.7 Å². The Morgan fingerprint density at radius 3 is 2.91 bits per heavy atom. The van der Waals surface area contributed by atoms with Crippen LogP contribution >= 0.6 is 0 Å². The second kappa shape index (κ2) is 3.01. The molecule has 57 valence electrons. The van der Waals surface area contributed by atoms with Gasteiger partial charge < -0.3 is 11.5 Å². The van der Waals surface area contributed by atoms with Crippen LogP contribution in [0.5, 0.6) is 0 Å². The first-order chi connectivity index (χ1) is 5.18. The van der Waals surface area contributed by atoms with Gasteiger partial charge in [0, 0.05) is 6.20 Å². The van der Waals surface area contributed by atoms with E-state index in [-0.39, 0.29) is 0 Å². The SMILES string of the molecule is NC(=O)[CH]c1ccnc(N)c1. The summed E-state index contributed by atoms with van der Waals surface area (Å²) in [7, 11) is 0. The maximum atomic E-state index is 10.4. The molecule has 0 saturated carbocycles. The number of rotatable bonds is 2. The molecular formula is C7H8N3O. The van der Waals surface area contributed by atoms with Crippen molar-refractivity contribution in [2.24, 2.45) is 5.73 Å². The van der Waals surface area contributed by atoms with E-state index in [1.54, 1.807) is 12.1 Å². The third-order valence-corrected chi connectivity index (χ3v) is 1.11. The minimum absolute atomic E-state index is 0.375. The van der Waals surface area contributed by atoms with E-state index in [9.17, 15) is 4.79 Å². The lowest BCUT2D eigenvalue weighted by Crippen LogP contribution is -2.11. The van der Waals surface area contributed by atoms with E-state index in [0.29, 0.717) is 11.4 Å². The van der Waals surface area contributed by atoms with Gasteiger partial charge in [-0.05, 0) is 17.7 Å². The molecule has 1 radical (unpaired) electrons. The quantitative estimate of drug-likeness (QED) is 0.607. The molecule has 0 aromatic carbocycles. The highest BCUT2D eigenvalue weighted by Crippen LogP contribution is 2.04. The van der Waals surface area contributed by atoms with Crippen molar-refractivity contribution in [3.63, 3.8) is 0 Å². The van der Waals surface area contributed by atoms with Crippen LogP contribution in [0.1, 0.15) is 5.56 Å². The van der Waals surface area contributed by atoms with Gasteiger partial charge in [-0.1, -0.05) is 0 Å². The summed E-state index contributed by atoms with van der Waals surface area (Å²) in [6.07, 6.45) is 2.81. The highest BCUT2D eigenvalue weighted by atomic mass is 16.1. The fourth-order valence-electron chi connectivity index (χ4n) is 0.720. The fourth-order valence-corrected chi connectivity index (χ4v) is 0.720. The smallest absolute Gasteiger partial charge is 0.226 e. The minimum Gasteiger partial charge on any atom is -0.384 e. The number of amides is 1. The number of aromatic nitrogens is 1. The van der Waals surface area contributed by atoms with Crippen LogP contribution in [0.4, 0.5) is 5.82 Å².